The van der Waals surface area contributed by atoms with Gasteiger partial charge >= 0.3 is 6.09 Å². The van der Waals surface area contributed by atoms with Crippen LogP contribution in [0.2, 0.25) is 0 Å². The molecule has 4 heteroatoms. The zero-order chi connectivity index (χ0) is 15.2. The van der Waals surface area contributed by atoms with Gasteiger partial charge < -0.3 is 14.8 Å². The first kappa shape index (κ1) is 16.2. The minimum absolute atomic E-state index is 0.273. The number of aldehydes is 1. The van der Waals surface area contributed by atoms with E-state index >= 15 is 0 Å². The zero-order valence-corrected chi connectivity index (χ0v) is 12.6. The van der Waals surface area contributed by atoms with Gasteiger partial charge in [0.15, 0.2) is 0 Å². The molecule has 1 amide bonds. The Labute approximate surface area is 120 Å². The summed E-state index contributed by atoms with van der Waals surface area (Å²) in [6.07, 6.45) is 1.03. The number of ether oxygens (including phenoxy) is 1. The van der Waals surface area contributed by atoms with E-state index in [2.05, 4.69) is 5.32 Å². The third-order valence-electron chi connectivity index (χ3n) is 2.91. The lowest BCUT2D eigenvalue weighted by atomic mass is 9.92. The molecule has 0 heterocycles. The second-order valence-corrected chi connectivity index (χ2v) is 5.74. The standard InChI is InChI=1S/C16H23NO3/c1-5-12(11-18)14(13-9-7-6-8-10-13)17-15(19)20-16(2,3)4/h6-12,14H,5H2,1-4H3,(H,17,19)/t12-,14+/m1/s1. The number of hydrogen-bond acceptors (Lipinski definition) is 3. The van der Waals surface area contributed by atoms with Crippen molar-refractivity contribution in [2.45, 2.75) is 45.8 Å². The number of carbonyl (C=O) groups excluding carboxylic acids is 2. The molecule has 1 N–H and O–H groups in total. The Morgan fingerprint density at radius 2 is 1.90 bits per heavy atom. The SMILES string of the molecule is CC[C@H](C=O)[C@H](NC(=O)OC(C)(C)C)c1ccccc1. The van der Waals surface area contributed by atoms with Crippen molar-refractivity contribution in [2.24, 2.45) is 5.92 Å². The first-order valence-electron chi connectivity index (χ1n) is 6.87. The number of amides is 1. The molecule has 0 bridgehead atoms. The van der Waals surface area contributed by atoms with Crippen LogP contribution in [0, 0.1) is 5.92 Å². The van der Waals surface area contributed by atoms with Gasteiger partial charge in [-0.3, -0.25) is 0 Å². The Balaban J connectivity index is 2.89. The second-order valence-electron chi connectivity index (χ2n) is 5.74. The quantitative estimate of drug-likeness (QED) is 0.838. The van der Waals surface area contributed by atoms with Crippen LogP contribution < -0.4 is 5.32 Å². The molecule has 0 aliphatic carbocycles. The largest absolute Gasteiger partial charge is 0.444 e. The molecule has 0 spiro atoms. The average Bonchev–Trinajstić information content (AvgIpc) is 2.38. The predicted molar refractivity (Wildman–Crippen MR) is 78.4 cm³/mol. The minimum atomic E-state index is -0.561. The smallest absolute Gasteiger partial charge is 0.408 e. The number of rotatable bonds is 5. The molecule has 0 aromatic heterocycles. The highest BCUT2D eigenvalue weighted by atomic mass is 16.6. The first-order chi connectivity index (χ1) is 9.37. The molecule has 0 saturated heterocycles. The first-order valence-corrected chi connectivity index (χ1v) is 6.87. The fourth-order valence-corrected chi connectivity index (χ4v) is 1.94. The number of carbonyl (C=O) groups is 2. The maximum atomic E-state index is 11.9. The predicted octanol–water partition coefficient (Wildman–Crippen LogP) is 3.48. The summed E-state index contributed by atoms with van der Waals surface area (Å²) in [5, 5.41) is 2.80. The van der Waals surface area contributed by atoms with Crippen molar-refractivity contribution in [1.82, 2.24) is 5.32 Å². The number of benzene rings is 1. The summed E-state index contributed by atoms with van der Waals surface area (Å²) < 4.78 is 5.26. The van der Waals surface area contributed by atoms with Crippen molar-refractivity contribution in [3.8, 4) is 0 Å². The van der Waals surface area contributed by atoms with Crippen LogP contribution in [0.25, 0.3) is 0 Å². The lowest BCUT2D eigenvalue weighted by Gasteiger charge is -2.26. The van der Waals surface area contributed by atoms with Crippen LogP contribution in [-0.2, 0) is 9.53 Å². The highest BCUT2D eigenvalue weighted by Gasteiger charge is 2.25. The molecule has 4 nitrogen and oxygen atoms in total. The highest BCUT2D eigenvalue weighted by molar-refractivity contribution is 5.69. The minimum Gasteiger partial charge on any atom is -0.444 e. The van der Waals surface area contributed by atoms with Crippen molar-refractivity contribution in [3.63, 3.8) is 0 Å². The molecule has 0 radical (unpaired) electrons. The van der Waals surface area contributed by atoms with Gasteiger partial charge in [-0.25, -0.2) is 4.79 Å². The monoisotopic (exact) mass is 277 g/mol. The van der Waals surface area contributed by atoms with Crippen LogP contribution in [0.3, 0.4) is 0 Å². The molecule has 0 aliphatic rings. The lowest BCUT2D eigenvalue weighted by Crippen LogP contribution is -2.38. The van der Waals surface area contributed by atoms with E-state index in [4.69, 9.17) is 4.74 Å². The molecule has 0 fully saturated rings. The number of alkyl carbamates (subject to hydrolysis) is 1. The second kappa shape index (κ2) is 7.08. The van der Waals surface area contributed by atoms with Crippen LogP contribution in [-0.4, -0.2) is 18.0 Å². The van der Waals surface area contributed by atoms with Crippen LogP contribution in [0.4, 0.5) is 4.79 Å². The van der Waals surface area contributed by atoms with E-state index in [1.165, 1.54) is 0 Å². The molecule has 1 rings (SSSR count). The molecule has 2 atom stereocenters. The molecular formula is C16H23NO3. The Morgan fingerprint density at radius 1 is 1.30 bits per heavy atom. The van der Waals surface area contributed by atoms with Crippen molar-refractivity contribution < 1.29 is 14.3 Å². The third kappa shape index (κ3) is 5.03. The van der Waals surface area contributed by atoms with Gasteiger partial charge in [0.05, 0.1) is 6.04 Å². The Kier molecular flexibility index (Phi) is 5.74. The summed E-state index contributed by atoms with van der Waals surface area (Å²) in [6, 6.07) is 9.10. The van der Waals surface area contributed by atoms with Crippen molar-refractivity contribution in [3.05, 3.63) is 35.9 Å². The van der Waals surface area contributed by atoms with E-state index in [1.807, 2.05) is 37.3 Å². The molecule has 0 saturated carbocycles. The maximum absolute atomic E-state index is 11.9. The normalized spacial score (nSPS) is 14.2. The van der Waals surface area contributed by atoms with E-state index in [9.17, 15) is 9.59 Å². The molecule has 1 aromatic rings. The summed E-state index contributed by atoms with van der Waals surface area (Å²) in [6.45, 7) is 7.34. The van der Waals surface area contributed by atoms with Gasteiger partial charge in [0.1, 0.15) is 11.9 Å². The Bertz CT molecular complexity index is 437. The Hall–Kier alpha value is -1.84. The van der Waals surface area contributed by atoms with Crippen molar-refractivity contribution in [1.29, 1.82) is 0 Å². The fraction of sp³-hybridized carbons (Fsp3) is 0.500. The molecule has 20 heavy (non-hydrogen) atoms. The molecule has 0 aliphatic heterocycles. The molecule has 0 unspecified atom stereocenters. The van der Waals surface area contributed by atoms with E-state index in [-0.39, 0.29) is 12.0 Å². The van der Waals surface area contributed by atoms with Gasteiger partial charge in [-0.05, 0) is 32.8 Å². The molecular weight excluding hydrogens is 254 g/mol. The molecule has 110 valence electrons. The van der Waals surface area contributed by atoms with Gasteiger partial charge in [0.25, 0.3) is 0 Å². The van der Waals surface area contributed by atoms with Crippen molar-refractivity contribution in [2.75, 3.05) is 0 Å². The van der Waals surface area contributed by atoms with Crippen LogP contribution in [0.5, 0.6) is 0 Å². The third-order valence-corrected chi connectivity index (χ3v) is 2.91. The number of nitrogens with one attached hydrogen (secondary N) is 1. The van der Waals surface area contributed by atoms with E-state index in [0.717, 1.165) is 11.8 Å². The van der Waals surface area contributed by atoms with Gasteiger partial charge in [-0.15, -0.1) is 0 Å². The summed E-state index contributed by atoms with van der Waals surface area (Å²) in [5.41, 5.74) is 0.339. The van der Waals surface area contributed by atoms with Crippen LogP contribution in [0.1, 0.15) is 45.7 Å². The van der Waals surface area contributed by atoms with E-state index in [0.29, 0.717) is 6.42 Å². The fourth-order valence-electron chi connectivity index (χ4n) is 1.94. The van der Waals surface area contributed by atoms with E-state index in [1.54, 1.807) is 20.8 Å². The lowest BCUT2D eigenvalue weighted by molar-refractivity contribution is -0.112. The van der Waals surface area contributed by atoms with Crippen LogP contribution in [0.15, 0.2) is 30.3 Å². The maximum Gasteiger partial charge on any atom is 0.408 e. The Morgan fingerprint density at radius 3 is 2.35 bits per heavy atom. The summed E-state index contributed by atoms with van der Waals surface area (Å²) in [5.74, 6) is -0.273. The molecule has 1 aromatic carbocycles. The van der Waals surface area contributed by atoms with Gasteiger partial charge in [-0.1, -0.05) is 37.3 Å². The topological polar surface area (TPSA) is 55.4 Å². The zero-order valence-electron chi connectivity index (χ0n) is 12.6. The van der Waals surface area contributed by atoms with Gasteiger partial charge in [0, 0.05) is 5.92 Å². The summed E-state index contributed by atoms with van der Waals surface area (Å²) in [7, 11) is 0. The highest BCUT2D eigenvalue weighted by Crippen LogP contribution is 2.23. The van der Waals surface area contributed by atoms with Gasteiger partial charge in [-0.2, -0.15) is 0 Å². The summed E-state index contributed by atoms with van der Waals surface area (Å²) >= 11 is 0. The number of hydrogen-bond donors (Lipinski definition) is 1. The van der Waals surface area contributed by atoms with Gasteiger partial charge in [0.2, 0.25) is 0 Å². The van der Waals surface area contributed by atoms with Crippen molar-refractivity contribution >= 4 is 12.4 Å². The van der Waals surface area contributed by atoms with E-state index < -0.39 is 11.7 Å². The summed E-state index contributed by atoms with van der Waals surface area (Å²) in [4.78, 5) is 23.2. The average molecular weight is 277 g/mol. The van der Waals surface area contributed by atoms with Crippen LogP contribution >= 0.6 is 0 Å².